The lowest BCUT2D eigenvalue weighted by Gasteiger charge is -2.06. The summed E-state index contributed by atoms with van der Waals surface area (Å²) >= 11 is 0. The van der Waals surface area contributed by atoms with Gasteiger partial charge in [0.15, 0.2) is 0 Å². The van der Waals surface area contributed by atoms with E-state index in [2.05, 4.69) is 0 Å². The van der Waals surface area contributed by atoms with Crippen molar-refractivity contribution < 1.29 is 10.2 Å². The molecule has 0 saturated carbocycles. The Morgan fingerprint density at radius 3 is 2.08 bits per heavy atom. The predicted octanol–water partition coefficient (Wildman–Crippen LogP) is 2.83. The Kier molecular flexibility index (Phi) is 2.61. The van der Waals surface area contributed by atoms with E-state index < -0.39 is 0 Å². The zero-order valence-corrected chi connectivity index (χ0v) is 8.13. The molecule has 2 heteroatoms. The lowest BCUT2D eigenvalue weighted by atomic mass is 10.0. The number of hydrogen-bond acceptors (Lipinski definition) is 2. The molecular weight excluding hydrogens is 164 g/mol. The van der Waals surface area contributed by atoms with E-state index in [1.54, 1.807) is 19.1 Å². The molecule has 0 unspecified atom stereocenters. The summed E-state index contributed by atoms with van der Waals surface area (Å²) in [5, 5.41) is 18.9. The average molecular weight is 178 g/mol. The predicted molar refractivity (Wildman–Crippen MR) is 53.8 cm³/mol. The molecule has 0 fully saturated rings. The molecule has 0 bridgehead atoms. The van der Waals surface area contributed by atoms with Crippen LogP contribution in [0.3, 0.4) is 0 Å². The van der Waals surface area contributed by atoms with E-state index in [0.717, 1.165) is 11.1 Å². The quantitative estimate of drug-likeness (QED) is 0.694. The number of hydrogen-bond donors (Lipinski definition) is 2. The van der Waals surface area contributed by atoms with E-state index in [0.29, 0.717) is 5.56 Å². The summed E-state index contributed by atoms with van der Waals surface area (Å²) in [5.74, 6) is 0.271. The Bertz CT molecular complexity index is 328. The van der Waals surface area contributed by atoms with Gasteiger partial charge in [-0.15, -0.1) is 0 Å². The van der Waals surface area contributed by atoms with Crippen molar-refractivity contribution in [3.8, 4) is 11.5 Å². The van der Waals surface area contributed by atoms with Gasteiger partial charge in [-0.1, -0.05) is 6.08 Å². The lowest BCUT2D eigenvalue weighted by Crippen LogP contribution is -1.83. The van der Waals surface area contributed by atoms with Crippen molar-refractivity contribution in [2.75, 3.05) is 0 Å². The van der Waals surface area contributed by atoms with Crippen molar-refractivity contribution in [3.63, 3.8) is 0 Å². The summed E-state index contributed by atoms with van der Waals surface area (Å²) in [6.45, 7) is 5.53. The van der Waals surface area contributed by atoms with Gasteiger partial charge in [0.2, 0.25) is 0 Å². The Balaban J connectivity index is 3.29. The Hall–Kier alpha value is -1.44. The molecule has 0 radical (unpaired) electrons. The van der Waals surface area contributed by atoms with Gasteiger partial charge in [0.05, 0.1) is 0 Å². The first-order valence-electron chi connectivity index (χ1n) is 4.22. The van der Waals surface area contributed by atoms with E-state index in [1.165, 1.54) is 0 Å². The molecule has 0 aliphatic rings. The van der Waals surface area contributed by atoms with Crippen LogP contribution in [0, 0.1) is 6.92 Å². The van der Waals surface area contributed by atoms with Crippen molar-refractivity contribution in [2.45, 2.75) is 20.8 Å². The van der Waals surface area contributed by atoms with E-state index in [-0.39, 0.29) is 11.5 Å². The smallest absolute Gasteiger partial charge is 0.122 e. The molecule has 0 heterocycles. The molecule has 0 spiro atoms. The van der Waals surface area contributed by atoms with Crippen LogP contribution in [0.5, 0.6) is 11.5 Å². The topological polar surface area (TPSA) is 40.5 Å². The Labute approximate surface area is 78.2 Å². The van der Waals surface area contributed by atoms with Crippen LogP contribution < -0.4 is 0 Å². The molecule has 1 aromatic rings. The fraction of sp³-hybridized carbons (Fsp3) is 0.273. The summed E-state index contributed by atoms with van der Waals surface area (Å²) < 4.78 is 0. The van der Waals surface area contributed by atoms with Crippen molar-refractivity contribution in [1.82, 2.24) is 0 Å². The van der Waals surface area contributed by atoms with Gasteiger partial charge in [-0.05, 0) is 44.0 Å². The number of phenols is 2. The van der Waals surface area contributed by atoms with Gasteiger partial charge < -0.3 is 10.2 Å². The summed E-state index contributed by atoms with van der Waals surface area (Å²) in [7, 11) is 0. The second-order valence-corrected chi connectivity index (χ2v) is 3.11. The third-order valence-electron chi connectivity index (χ3n) is 2.24. The summed E-state index contributed by atoms with van der Waals surface area (Å²) in [6, 6.07) is 3.31. The third-order valence-corrected chi connectivity index (χ3v) is 2.24. The molecule has 0 amide bonds. The Morgan fingerprint density at radius 1 is 1.23 bits per heavy atom. The fourth-order valence-electron chi connectivity index (χ4n) is 1.08. The van der Waals surface area contributed by atoms with Crippen molar-refractivity contribution >= 4 is 5.57 Å². The van der Waals surface area contributed by atoms with E-state index in [9.17, 15) is 10.2 Å². The van der Waals surface area contributed by atoms with Crippen LogP contribution >= 0.6 is 0 Å². The monoisotopic (exact) mass is 178 g/mol. The highest BCUT2D eigenvalue weighted by molar-refractivity contribution is 5.67. The summed E-state index contributed by atoms with van der Waals surface area (Å²) in [4.78, 5) is 0. The van der Waals surface area contributed by atoms with Crippen LogP contribution in [0.15, 0.2) is 18.2 Å². The second-order valence-electron chi connectivity index (χ2n) is 3.11. The summed E-state index contributed by atoms with van der Waals surface area (Å²) in [5.41, 5.74) is 2.40. The Morgan fingerprint density at radius 2 is 1.69 bits per heavy atom. The van der Waals surface area contributed by atoms with E-state index in [1.807, 2.05) is 19.9 Å². The third kappa shape index (κ3) is 1.83. The first kappa shape index (κ1) is 9.65. The van der Waals surface area contributed by atoms with Gasteiger partial charge in [-0.2, -0.15) is 0 Å². The van der Waals surface area contributed by atoms with E-state index >= 15 is 0 Å². The minimum Gasteiger partial charge on any atom is -0.508 e. The minimum absolute atomic E-state index is 0.135. The fourth-order valence-corrected chi connectivity index (χ4v) is 1.08. The molecule has 13 heavy (non-hydrogen) atoms. The van der Waals surface area contributed by atoms with Crippen molar-refractivity contribution in [3.05, 3.63) is 29.3 Å². The SMILES string of the molecule is C/C=C(\C)c1cc(O)c(C)c(O)c1. The van der Waals surface area contributed by atoms with Crippen LogP contribution in [0.4, 0.5) is 0 Å². The van der Waals surface area contributed by atoms with Gasteiger partial charge in [-0.25, -0.2) is 0 Å². The maximum atomic E-state index is 9.44. The molecule has 2 nitrogen and oxygen atoms in total. The standard InChI is InChI=1S/C11H14O2/c1-4-7(2)9-5-10(12)8(3)11(13)6-9/h4-6,12-13H,1-3H3/b7-4+. The lowest BCUT2D eigenvalue weighted by molar-refractivity contribution is 0.443. The van der Waals surface area contributed by atoms with Gasteiger partial charge >= 0.3 is 0 Å². The molecule has 1 rings (SSSR count). The molecule has 0 aliphatic carbocycles. The summed E-state index contributed by atoms with van der Waals surface area (Å²) in [6.07, 6.45) is 1.93. The highest BCUT2D eigenvalue weighted by Crippen LogP contribution is 2.30. The first-order valence-corrected chi connectivity index (χ1v) is 4.22. The van der Waals surface area contributed by atoms with Crippen LogP contribution in [-0.2, 0) is 0 Å². The molecule has 0 atom stereocenters. The molecular formula is C11H14O2. The maximum Gasteiger partial charge on any atom is 0.122 e. The number of allylic oxidation sites excluding steroid dienone is 2. The molecule has 70 valence electrons. The van der Waals surface area contributed by atoms with E-state index in [4.69, 9.17) is 0 Å². The number of rotatable bonds is 1. The average Bonchev–Trinajstić information content (AvgIpc) is 2.12. The van der Waals surface area contributed by atoms with Crippen LogP contribution in [-0.4, -0.2) is 10.2 Å². The zero-order chi connectivity index (χ0) is 10.0. The normalized spacial score (nSPS) is 11.8. The van der Waals surface area contributed by atoms with Gasteiger partial charge in [0, 0.05) is 5.56 Å². The maximum absolute atomic E-state index is 9.44. The molecule has 2 N–H and O–H groups in total. The number of phenolic OH excluding ortho intramolecular Hbond substituents is 2. The minimum atomic E-state index is 0.135. The largest absolute Gasteiger partial charge is 0.508 e. The van der Waals surface area contributed by atoms with Gasteiger partial charge in [-0.3, -0.25) is 0 Å². The van der Waals surface area contributed by atoms with Gasteiger partial charge in [0.1, 0.15) is 11.5 Å². The van der Waals surface area contributed by atoms with Crippen LogP contribution in [0.2, 0.25) is 0 Å². The molecule has 0 aromatic heterocycles. The molecule has 0 saturated heterocycles. The second kappa shape index (κ2) is 3.52. The van der Waals surface area contributed by atoms with Gasteiger partial charge in [0.25, 0.3) is 0 Å². The highest BCUT2D eigenvalue weighted by Gasteiger charge is 2.05. The molecule has 0 aliphatic heterocycles. The number of aromatic hydroxyl groups is 2. The number of benzene rings is 1. The van der Waals surface area contributed by atoms with Crippen LogP contribution in [0.25, 0.3) is 5.57 Å². The van der Waals surface area contributed by atoms with Crippen molar-refractivity contribution in [2.24, 2.45) is 0 Å². The van der Waals surface area contributed by atoms with Crippen molar-refractivity contribution in [1.29, 1.82) is 0 Å². The molecule has 1 aromatic carbocycles. The zero-order valence-electron chi connectivity index (χ0n) is 8.13. The van der Waals surface area contributed by atoms with Crippen LogP contribution in [0.1, 0.15) is 25.0 Å². The first-order chi connectivity index (χ1) is 6.06. The highest BCUT2D eigenvalue weighted by atomic mass is 16.3.